The van der Waals surface area contributed by atoms with Gasteiger partial charge in [0.25, 0.3) is 0 Å². The van der Waals surface area contributed by atoms with Crippen LogP contribution in [0, 0.1) is 25.7 Å². The Labute approximate surface area is 153 Å². The first-order valence-electron chi connectivity index (χ1n) is 8.70. The van der Waals surface area contributed by atoms with Gasteiger partial charge in [0.15, 0.2) is 0 Å². The van der Waals surface area contributed by atoms with E-state index in [-0.39, 0.29) is 5.91 Å². The number of amides is 1. The lowest BCUT2D eigenvalue weighted by Gasteiger charge is -2.34. The van der Waals surface area contributed by atoms with E-state index in [1.807, 2.05) is 18.7 Å². The lowest BCUT2D eigenvalue weighted by Crippen LogP contribution is -2.43. The molecule has 1 aromatic heterocycles. The van der Waals surface area contributed by atoms with Crippen molar-refractivity contribution in [2.24, 2.45) is 11.8 Å². The fourth-order valence-electron chi connectivity index (χ4n) is 3.45. The van der Waals surface area contributed by atoms with Gasteiger partial charge < -0.3 is 4.90 Å². The van der Waals surface area contributed by atoms with Gasteiger partial charge in [-0.1, -0.05) is 37.7 Å². The number of nitrogens with zero attached hydrogens (tertiary/aromatic N) is 5. The van der Waals surface area contributed by atoms with E-state index in [4.69, 9.17) is 0 Å². The van der Waals surface area contributed by atoms with Gasteiger partial charge in [0.05, 0.1) is 11.4 Å². The standard InChI is InChI=1S/C18H25N5OS/c1-12-5-6-15(4)16(8-12)23-18(19-20-21-23)25-11-17(24)22-9-13(2)7-14(3)10-22/h5-6,8,13-14H,7,9-11H2,1-4H3/t13-,14+. The lowest BCUT2D eigenvalue weighted by atomic mass is 9.92. The molecule has 1 saturated heterocycles. The number of carbonyl (C=O) groups is 1. The van der Waals surface area contributed by atoms with Gasteiger partial charge in [0.2, 0.25) is 11.1 Å². The average Bonchev–Trinajstić information content (AvgIpc) is 3.02. The highest BCUT2D eigenvalue weighted by atomic mass is 32.2. The van der Waals surface area contributed by atoms with Crippen molar-refractivity contribution in [1.82, 2.24) is 25.1 Å². The number of carbonyl (C=O) groups excluding carboxylic acids is 1. The molecule has 2 heterocycles. The minimum atomic E-state index is 0.166. The maximum Gasteiger partial charge on any atom is 0.233 e. The topological polar surface area (TPSA) is 63.9 Å². The predicted octanol–water partition coefficient (Wildman–Crippen LogP) is 2.88. The van der Waals surface area contributed by atoms with Gasteiger partial charge in [-0.2, -0.15) is 4.68 Å². The molecular weight excluding hydrogens is 334 g/mol. The number of rotatable bonds is 4. The Morgan fingerprint density at radius 3 is 2.68 bits per heavy atom. The summed E-state index contributed by atoms with van der Waals surface area (Å²) in [7, 11) is 0. The van der Waals surface area contributed by atoms with Crippen molar-refractivity contribution in [3.8, 4) is 5.69 Å². The first-order chi connectivity index (χ1) is 11.9. The van der Waals surface area contributed by atoms with Gasteiger partial charge in [-0.3, -0.25) is 4.79 Å². The summed E-state index contributed by atoms with van der Waals surface area (Å²) in [5.41, 5.74) is 3.21. The van der Waals surface area contributed by atoms with Crippen LogP contribution in [0.2, 0.25) is 0 Å². The molecule has 1 aliphatic heterocycles. The number of benzene rings is 1. The highest BCUT2D eigenvalue weighted by molar-refractivity contribution is 7.99. The summed E-state index contributed by atoms with van der Waals surface area (Å²) in [6.07, 6.45) is 1.20. The van der Waals surface area contributed by atoms with Crippen LogP contribution in [-0.4, -0.2) is 49.9 Å². The molecule has 7 heteroatoms. The summed E-state index contributed by atoms with van der Waals surface area (Å²) in [5.74, 6) is 1.67. The maximum atomic E-state index is 12.6. The molecule has 1 aromatic carbocycles. The Morgan fingerprint density at radius 2 is 1.96 bits per heavy atom. The zero-order chi connectivity index (χ0) is 18.0. The summed E-state index contributed by atoms with van der Waals surface area (Å²) in [5, 5.41) is 12.7. The van der Waals surface area contributed by atoms with Crippen LogP contribution in [0.15, 0.2) is 23.4 Å². The first-order valence-corrected chi connectivity index (χ1v) is 9.69. The number of hydrogen-bond acceptors (Lipinski definition) is 5. The number of aryl methyl sites for hydroxylation is 2. The van der Waals surface area contributed by atoms with Crippen LogP contribution in [0.1, 0.15) is 31.4 Å². The van der Waals surface area contributed by atoms with E-state index in [2.05, 4.69) is 47.6 Å². The van der Waals surface area contributed by atoms with Gasteiger partial charge in [-0.15, -0.1) is 5.10 Å². The van der Waals surface area contributed by atoms with Crippen LogP contribution in [0.5, 0.6) is 0 Å². The molecule has 3 rings (SSSR count). The van der Waals surface area contributed by atoms with E-state index in [0.717, 1.165) is 29.9 Å². The second-order valence-corrected chi connectivity index (χ2v) is 8.14. The summed E-state index contributed by atoms with van der Waals surface area (Å²) in [6, 6.07) is 6.19. The lowest BCUT2D eigenvalue weighted by molar-refractivity contribution is -0.130. The van der Waals surface area contributed by atoms with Crippen molar-refractivity contribution in [1.29, 1.82) is 0 Å². The Morgan fingerprint density at radius 1 is 1.24 bits per heavy atom. The Balaban J connectivity index is 1.70. The van der Waals surface area contributed by atoms with Gasteiger partial charge in [-0.05, 0) is 59.7 Å². The molecule has 1 fully saturated rings. The molecular formula is C18H25N5OS. The van der Waals surface area contributed by atoms with Crippen LogP contribution >= 0.6 is 11.8 Å². The Hall–Kier alpha value is -1.89. The van der Waals surface area contributed by atoms with E-state index >= 15 is 0 Å². The molecule has 0 spiro atoms. The minimum Gasteiger partial charge on any atom is -0.341 e. The van der Waals surface area contributed by atoms with Crippen molar-refractivity contribution in [2.75, 3.05) is 18.8 Å². The van der Waals surface area contributed by atoms with Gasteiger partial charge in [0.1, 0.15) is 0 Å². The quantitative estimate of drug-likeness (QED) is 0.786. The van der Waals surface area contributed by atoms with Crippen LogP contribution in [-0.2, 0) is 4.79 Å². The third-order valence-corrected chi connectivity index (χ3v) is 5.48. The maximum absolute atomic E-state index is 12.6. The van der Waals surface area contributed by atoms with Crippen molar-refractivity contribution >= 4 is 17.7 Å². The SMILES string of the molecule is Cc1ccc(C)c(-n2nnnc2SCC(=O)N2C[C@H](C)C[C@H](C)C2)c1. The summed E-state index contributed by atoms with van der Waals surface area (Å²) < 4.78 is 1.72. The number of piperidine rings is 1. The minimum absolute atomic E-state index is 0.166. The van der Waals surface area contributed by atoms with Crippen LogP contribution in [0.25, 0.3) is 5.69 Å². The molecule has 2 aromatic rings. The van der Waals surface area contributed by atoms with Crippen molar-refractivity contribution in [2.45, 2.75) is 39.3 Å². The van der Waals surface area contributed by atoms with Crippen LogP contribution in [0.3, 0.4) is 0 Å². The van der Waals surface area contributed by atoms with Crippen LogP contribution in [0.4, 0.5) is 0 Å². The Kier molecular flexibility index (Phi) is 5.42. The molecule has 0 radical (unpaired) electrons. The molecule has 25 heavy (non-hydrogen) atoms. The average molecular weight is 359 g/mol. The fraction of sp³-hybridized carbons (Fsp3) is 0.556. The van der Waals surface area contributed by atoms with Gasteiger partial charge in [0, 0.05) is 13.1 Å². The highest BCUT2D eigenvalue weighted by Crippen LogP contribution is 2.24. The number of aromatic nitrogens is 4. The van der Waals surface area contributed by atoms with Crippen molar-refractivity contribution in [3.05, 3.63) is 29.3 Å². The summed E-state index contributed by atoms with van der Waals surface area (Å²) >= 11 is 1.40. The third kappa shape index (κ3) is 4.21. The molecule has 0 N–H and O–H groups in total. The van der Waals surface area contributed by atoms with Crippen LogP contribution < -0.4 is 0 Å². The van der Waals surface area contributed by atoms with Crippen molar-refractivity contribution in [3.63, 3.8) is 0 Å². The van der Waals surface area contributed by atoms with Gasteiger partial charge >= 0.3 is 0 Å². The largest absolute Gasteiger partial charge is 0.341 e. The Bertz CT molecular complexity index is 750. The summed E-state index contributed by atoms with van der Waals surface area (Å²) in [6.45, 7) is 10.2. The molecule has 1 amide bonds. The number of tetrazole rings is 1. The zero-order valence-electron chi connectivity index (χ0n) is 15.3. The van der Waals surface area contributed by atoms with E-state index in [9.17, 15) is 4.79 Å². The second-order valence-electron chi connectivity index (χ2n) is 7.20. The molecule has 0 unspecified atom stereocenters. The second kappa shape index (κ2) is 7.56. The number of thioether (sulfide) groups is 1. The molecule has 2 atom stereocenters. The zero-order valence-corrected chi connectivity index (χ0v) is 16.1. The monoisotopic (exact) mass is 359 g/mol. The summed E-state index contributed by atoms with van der Waals surface area (Å²) in [4.78, 5) is 14.6. The van der Waals surface area contributed by atoms with Crippen molar-refractivity contribution < 1.29 is 4.79 Å². The van der Waals surface area contributed by atoms with Gasteiger partial charge in [-0.25, -0.2) is 0 Å². The van der Waals surface area contributed by atoms with E-state index in [0.29, 0.717) is 22.7 Å². The fourth-order valence-corrected chi connectivity index (χ4v) is 4.24. The first kappa shape index (κ1) is 17.9. The molecule has 0 aliphatic carbocycles. The molecule has 6 nitrogen and oxygen atoms in total. The van der Waals surface area contributed by atoms with E-state index in [1.165, 1.54) is 18.2 Å². The molecule has 134 valence electrons. The molecule has 1 aliphatic rings. The predicted molar refractivity (Wildman–Crippen MR) is 98.9 cm³/mol. The number of likely N-dealkylation sites (tertiary alicyclic amines) is 1. The molecule has 0 bridgehead atoms. The van der Waals surface area contributed by atoms with E-state index in [1.54, 1.807) is 4.68 Å². The molecule has 0 saturated carbocycles. The third-order valence-electron chi connectivity index (χ3n) is 4.58. The van der Waals surface area contributed by atoms with E-state index < -0.39 is 0 Å². The highest BCUT2D eigenvalue weighted by Gasteiger charge is 2.25. The smallest absolute Gasteiger partial charge is 0.233 e. The number of hydrogen-bond donors (Lipinski definition) is 0. The normalized spacial score (nSPS) is 20.7.